The van der Waals surface area contributed by atoms with Gasteiger partial charge in [-0.05, 0) is 18.3 Å². The molecule has 0 radical (unpaired) electrons. The van der Waals surface area contributed by atoms with Crippen molar-refractivity contribution in [2.45, 2.75) is 59.5 Å². The number of carbonyl (C=O) groups excluding carboxylic acids is 1. The summed E-state index contributed by atoms with van der Waals surface area (Å²) in [5.41, 5.74) is 0.548. The molecule has 1 rings (SSSR count). The first-order valence-electron chi connectivity index (χ1n) is 7.22. The molecule has 0 aliphatic rings. The average Bonchev–Trinajstić information content (AvgIpc) is 2.85. The van der Waals surface area contributed by atoms with Crippen LogP contribution in [0.4, 0.5) is 0 Å². The molecule has 1 unspecified atom stereocenters. The number of hydrogen-bond acceptors (Lipinski definition) is 4. The predicted molar refractivity (Wildman–Crippen MR) is 77.6 cm³/mol. The highest BCUT2D eigenvalue weighted by Gasteiger charge is 2.24. The number of aliphatic hydroxyl groups is 1. The van der Waals surface area contributed by atoms with Crippen molar-refractivity contribution in [2.75, 3.05) is 6.54 Å². The summed E-state index contributed by atoms with van der Waals surface area (Å²) < 4.78 is 5.09. The van der Waals surface area contributed by atoms with Gasteiger partial charge < -0.3 is 14.9 Å². The average molecular weight is 282 g/mol. The minimum Gasteiger partial charge on any atom is -0.391 e. The first kappa shape index (κ1) is 16.7. The SMILES string of the molecule is CCC(CC)c1cc(C(=O)NCC(O)C(C)(C)C)on1. The van der Waals surface area contributed by atoms with Gasteiger partial charge in [0.15, 0.2) is 0 Å². The Bertz CT molecular complexity index is 431. The number of aliphatic hydroxyl groups excluding tert-OH is 1. The van der Waals surface area contributed by atoms with Crippen LogP contribution in [0.25, 0.3) is 0 Å². The topological polar surface area (TPSA) is 75.4 Å². The highest BCUT2D eigenvalue weighted by molar-refractivity contribution is 5.91. The second kappa shape index (κ2) is 6.88. The monoisotopic (exact) mass is 282 g/mol. The first-order valence-corrected chi connectivity index (χ1v) is 7.22. The van der Waals surface area contributed by atoms with Crippen molar-refractivity contribution in [1.29, 1.82) is 0 Å². The van der Waals surface area contributed by atoms with E-state index in [1.54, 1.807) is 6.07 Å². The Morgan fingerprint density at radius 3 is 2.50 bits per heavy atom. The summed E-state index contributed by atoms with van der Waals surface area (Å²) in [4.78, 5) is 11.9. The third-order valence-electron chi connectivity index (χ3n) is 3.61. The van der Waals surface area contributed by atoms with Crippen molar-refractivity contribution in [1.82, 2.24) is 10.5 Å². The Morgan fingerprint density at radius 1 is 1.40 bits per heavy atom. The maximum atomic E-state index is 11.9. The van der Waals surface area contributed by atoms with E-state index in [0.717, 1.165) is 18.5 Å². The van der Waals surface area contributed by atoms with E-state index in [1.165, 1.54) is 0 Å². The van der Waals surface area contributed by atoms with E-state index in [1.807, 2.05) is 20.8 Å². The van der Waals surface area contributed by atoms with Gasteiger partial charge in [0.25, 0.3) is 5.91 Å². The zero-order chi connectivity index (χ0) is 15.3. The van der Waals surface area contributed by atoms with Crippen LogP contribution in [-0.4, -0.2) is 28.8 Å². The molecule has 5 heteroatoms. The number of rotatable bonds is 6. The molecular weight excluding hydrogens is 256 g/mol. The smallest absolute Gasteiger partial charge is 0.289 e. The van der Waals surface area contributed by atoms with E-state index in [0.29, 0.717) is 5.92 Å². The summed E-state index contributed by atoms with van der Waals surface area (Å²) in [5, 5.41) is 16.5. The van der Waals surface area contributed by atoms with E-state index in [4.69, 9.17) is 4.52 Å². The molecule has 5 nitrogen and oxygen atoms in total. The molecule has 114 valence electrons. The van der Waals surface area contributed by atoms with E-state index in [9.17, 15) is 9.90 Å². The van der Waals surface area contributed by atoms with E-state index < -0.39 is 6.10 Å². The van der Waals surface area contributed by atoms with Crippen molar-refractivity contribution < 1.29 is 14.4 Å². The molecule has 1 atom stereocenters. The van der Waals surface area contributed by atoms with Crippen LogP contribution in [0, 0.1) is 5.41 Å². The minimum atomic E-state index is -0.604. The van der Waals surface area contributed by atoms with Gasteiger partial charge in [0.2, 0.25) is 5.76 Å². The number of amides is 1. The van der Waals surface area contributed by atoms with Crippen LogP contribution in [0.1, 0.15) is 69.6 Å². The van der Waals surface area contributed by atoms with Gasteiger partial charge in [0.1, 0.15) is 0 Å². The summed E-state index contributed by atoms with van der Waals surface area (Å²) in [7, 11) is 0. The second-order valence-electron chi connectivity index (χ2n) is 6.22. The van der Waals surface area contributed by atoms with Gasteiger partial charge >= 0.3 is 0 Å². The lowest BCUT2D eigenvalue weighted by atomic mass is 9.89. The van der Waals surface area contributed by atoms with Crippen LogP contribution >= 0.6 is 0 Å². The summed E-state index contributed by atoms with van der Waals surface area (Å²) in [5.74, 6) is 0.187. The highest BCUT2D eigenvalue weighted by atomic mass is 16.5. The van der Waals surface area contributed by atoms with Gasteiger partial charge in [-0.1, -0.05) is 39.8 Å². The number of carbonyl (C=O) groups is 1. The summed E-state index contributed by atoms with van der Waals surface area (Å²) >= 11 is 0. The highest BCUT2D eigenvalue weighted by Crippen LogP contribution is 2.22. The molecule has 0 aliphatic heterocycles. The Hall–Kier alpha value is -1.36. The largest absolute Gasteiger partial charge is 0.391 e. The van der Waals surface area contributed by atoms with Crippen LogP contribution in [0.3, 0.4) is 0 Å². The maximum absolute atomic E-state index is 11.9. The maximum Gasteiger partial charge on any atom is 0.289 e. The molecule has 0 spiro atoms. The van der Waals surface area contributed by atoms with Gasteiger partial charge in [0, 0.05) is 18.5 Å². The van der Waals surface area contributed by atoms with Gasteiger partial charge in [0.05, 0.1) is 11.8 Å². The van der Waals surface area contributed by atoms with Crippen molar-refractivity contribution in [3.8, 4) is 0 Å². The summed E-state index contributed by atoms with van der Waals surface area (Å²) in [6.45, 7) is 10.1. The fourth-order valence-corrected chi connectivity index (χ4v) is 1.88. The number of aromatic nitrogens is 1. The molecule has 1 heterocycles. The van der Waals surface area contributed by atoms with Crippen LogP contribution in [0.15, 0.2) is 10.6 Å². The van der Waals surface area contributed by atoms with Crippen LogP contribution in [-0.2, 0) is 0 Å². The quantitative estimate of drug-likeness (QED) is 0.841. The molecule has 0 saturated carbocycles. The lowest BCUT2D eigenvalue weighted by Crippen LogP contribution is -2.39. The molecule has 0 fully saturated rings. The van der Waals surface area contributed by atoms with Gasteiger partial charge in [-0.15, -0.1) is 0 Å². The third kappa shape index (κ3) is 4.34. The molecule has 20 heavy (non-hydrogen) atoms. The van der Waals surface area contributed by atoms with Crippen molar-refractivity contribution in [3.05, 3.63) is 17.5 Å². The molecule has 1 aromatic heterocycles. The van der Waals surface area contributed by atoms with Gasteiger partial charge in [-0.25, -0.2) is 0 Å². The standard InChI is InChI=1S/C15H26N2O3/c1-6-10(7-2)11-8-12(20-17-11)14(19)16-9-13(18)15(3,4)5/h8,10,13,18H,6-7,9H2,1-5H3,(H,16,19). The molecule has 0 aromatic carbocycles. The Labute approximate surface area is 120 Å². The fraction of sp³-hybridized carbons (Fsp3) is 0.733. The normalized spacial score (nSPS) is 13.6. The zero-order valence-corrected chi connectivity index (χ0v) is 13.1. The third-order valence-corrected chi connectivity index (χ3v) is 3.61. The molecule has 0 aliphatic carbocycles. The Balaban J connectivity index is 2.61. The van der Waals surface area contributed by atoms with Crippen molar-refractivity contribution in [2.24, 2.45) is 5.41 Å². The van der Waals surface area contributed by atoms with Crippen LogP contribution < -0.4 is 5.32 Å². The molecule has 0 bridgehead atoms. The summed E-state index contributed by atoms with van der Waals surface area (Å²) in [6, 6.07) is 1.69. The Morgan fingerprint density at radius 2 is 2.00 bits per heavy atom. The fourth-order valence-electron chi connectivity index (χ4n) is 1.88. The van der Waals surface area contributed by atoms with Crippen molar-refractivity contribution in [3.63, 3.8) is 0 Å². The zero-order valence-electron chi connectivity index (χ0n) is 13.1. The van der Waals surface area contributed by atoms with Crippen molar-refractivity contribution >= 4 is 5.91 Å². The van der Waals surface area contributed by atoms with Gasteiger partial charge in [-0.2, -0.15) is 0 Å². The van der Waals surface area contributed by atoms with Crippen LogP contribution in [0.5, 0.6) is 0 Å². The number of nitrogens with zero attached hydrogens (tertiary/aromatic N) is 1. The van der Waals surface area contributed by atoms with E-state index >= 15 is 0 Å². The number of nitrogens with one attached hydrogen (secondary N) is 1. The van der Waals surface area contributed by atoms with Crippen LogP contribution in [0.2, 0.25) is 0 Å². The molecule has 1 amide bonds. The summed E-state index contributed by atoms with van der Waals surface area (Å²) in [6.07, 6.45) is 1.33. The molecule has 2 N–H and O–H groups in total. The van der Waals surface area contributed by atoms with E-state index in [2.05, 4.69) is 24.3 Å². The lowest BCUT2D eigenvalue weighted by molar-refractivity contribution is 0.0576. The molecule has 0 saturated heterocycles. The molecular formula is C15H26N2O3. The number of hydrogen-bond donors (Lipinski definition) is 2. The van der Waals surface area contributed by atoms with Gasteiger partial charge in [-0.3, -0.25) is 4.79 Å². The first-order chi connectivity index (χ1) is 9.29. The minimum absolute atomic E-state index is 0.198. The molecule has 1 aromatic rings. The predicted octanol–water partition coefficient (Wildman–Crippen LogP) is 2.72. The second-order valence-corrected chi connectivity index (χ2v) is 6.22. The Kier molecular flexibility index (Phi) is 5.74. The lowest BCUT2D eigenvalue weighted by Gasteiger charge is -2.25. The van der Waals surface area contributed by atoms with E-state index in [-0.39, 0.29) is 23.6 Å².